The molecule has 0 N–H and O–H groups in total. The highest BCUT2D eigenvalue weighted by Gasteiger charge is 2.09. The second-order valence-corrected chi connectivity index (χ2v) is 5.89. The van der Waals surface area contributed by atoms with E-state index in [0.29, 0.717) is 5.56 Å². The summed E-state index contributed by atoms with van der Waals surface area (Å²) in [5.74, 6) is 3.48. The van der Waals surface area contributed by atoms with Gasteiger partial charge in [-0.2, -0.15) is 0 Å². The van der Waals surface area contributed by atoms with Gasteiger partial charge in [-0.25, -0.2) is 13.2 Å². The van der Waals surface area contributed by atoms with Crippen molar-refractivity contribution in [2.75, 3.05) is 0 Å². The molecule has 0 saturated carbocycles. The molecule has 25 heavy (non-hydrogen) atoms. The van der Waals surface area contributed by atoms with Gasteiger partial charge in [-0.1, -0.05) is 41.7 Å². The second-order valence-electron chi connectivity index (χ2n) is 5.89. The average Bonchev–Trinajstić information content (AvgIpc) is 2.57. The Hall–Kier alpha value is -2.99. The molecule has 0 aromatic heterocycles. The van der Waals surface area contributed by atoms with Crippen molar-refractivity contribution in [3.8, 4) is 23.0 Å². The van der Waals surface area contributed by atoms with Crippen LogP contribution in [0.25, 0.3) is 11.1 Å². The van der Waals surface area contributed by atoms with Crippen LogP contribution in [0.1, 0.15) is 22.3 Å². The molecule has 0 aliphatic carbocycles. The Kier molecular flexibility index (Phi) is 4.63. The van der Waals surface area contributed by atoms with Crippen molar-refractivity contribution in [1.29, 1.82) is 0 Å². The first-order valence-corrected chi connectivity index (χ1v) is 7.78. The fraction of sp³-hybridized carbons (Fsp3) is 0.0909. The predicted molar refractivity (Wildman–Crippen MR) is 93.6 cm³/mol. The summed E-state index contributed by atoms with van der Waals surface area (Å²) in [6.45, 7) is 3.99. The lowest BCUT2D eigenvalue weighted by Gasteiger charge is -2.05. The summed E-state index contributed by atoms with van der Waals surface area (Å²) in [5, 5.41) is 0. The van der Waals surface area contributed by atoms with Gasteiger partial charge in [-0.15, -0.1) is 0 Å². The summed E-state index contributed by atoms with van der Waals surface area (Å²) in [7, 11) is 0. The van der Waals surface area contributed by atoms with Gasteiger partial charge >= 0.3 is 0 Å². The van der Waals surface area contributed by atoms with Crippen LogP contribution in [0.3, 0.4) is 0 Å². The molecule has 3 aromatic carbocycles. The van der Waals surface area contributed by atoms with E-state index in [1.807, 2.05) is 32.0 Å². The Morgan fingerprint density at radius 3 is 2.16 bits per heavy atom. The highest BCUT2D eigenvalue weighted by Crippen LogP contribution is 2.25. The molecule has 0 atom stereocenters. The minimum Gasteiger partial charge on any atom is -0.206 e. The van der Waals surface area contributed by atoms with E-state index >= 15 is 0 Å². The molecule has 0 aliphatic rings. The summed E-state index contributed by atoms with van der Waals surface area (Å²) >= 11 is 0. The molecule has 0 nitrogen and oxygen atoms in total. The fourth-order valence-electron chi connectivity index (χ4n) is 2.58. The standard InChI is InChI=1S/C22H15F3/c1-14-3-6-17(15(2)11-14)7-4-16-5-9-19(21(24)12-16)18-8-10-20(23)22(25)13-18/h3,5-6,8-13H,1-2H3. The van der Waals surface area contributed by atoms with Crippen LogP contribution in [0.15, 0.2) is 54.6 Å². The molecule has 0 saturated heterocycles. The minimum absolute atomic E-state index is 0.205. The van der Waals surface area contributed by atoms with Crippen molar-refractivity contribution in [2.45, 2.75) is 13.8 Å². The molecule has 124 valence electrons. The van der Waals surface area contributed by atoms with Gasteiger partial charge < -0.3 is 0 Å². The summed E-state index contributed by atoms with van der Waals surface area (Å²) < 4.78 is 40.7. The minimum atomic E-state index is -1.00. The first-order valence-electron chi connectivity index (χ1n) is 7.78. The molecule has 0 spiro atoms. The predicted octanol–water partition coefficient (Wildman–Crippen LogP) is 5.79. The molecule has 0 amide bonds. The first kappa shape index (κ1) is 16.9. The Morgan fingerprint density at radius 2 is 1.48 bits per heavy atom. The lowest BCUT2D eigenvalue weighted by Crippen LogP contribution is -1.90. The Labute approximate surface area is 145 Å². The van der Waals surface area contributed by atoms with Crippen LogP contribution < -0.4 is 0 Å². The molecule has 3 heteroatoms. The van der Waals surface area contributed by atoms with Crippen molar-refractivity contribution >= 4 is 0 Å². The van der Waals surface area contributed by atoms with Crippen molar-refractivity contribution in [2.24, 2.45) is 0 Å². The molecular weight excluding hydrogens is 321 g/mol. The summed E-state index contributed by atoms with van der Waals surface area (Å²) in [4.78, 5) is 0. The first-order chi connectivity index (χ1) is 11.9. The third kappa shape index (κ3) is 3.75. The molecule has 0 heterocycles. The van der Waals surface area contributed by atoms with E-state index in [2.05, 4.69) is 11.8 Å². The number of hydrogen-bond acceptors (Lipinski definition) is 0. The molecular formula is C22H15F3. The van der Waals surface area contributed by atoms with Crippen LogP contribution in [0, 0.1) is 43.1 Å². The van der Waals surface area contributed by atoms with E-state index < -0.39 is 17.5 Å². The van der Waals surface area contributed by atoms with Crippen LogP contribution in [-0.4, -0.2) is 0 Å². The topological polar surface area (TPSA) is 0 Å². The molecule has 0 unspecified atom stereocenters. The van der Waals surface area contributed by atoms with E-state index in [1.54, 1.807) is 6.07 Å². The quantitative estimate of drug-likeness (QED) is 0.494. The third-order valence-corrected chi connectivity index (χ3v) is 3.92. The monoisotopic (exact) mass is 336 g/mol. The molecule has 0 aliphatic heterocycles. The van der Waals surface area contributed by atoms with Gasteiger partial charge in [0, 0.05) is 16.7 Å². The Bertz CT molecular complexity index is 1010. The summed E-state index contributed by atoms with van der Waals surface area (Å²) in [6.07, 6.45) is 0. The van der Waals surface area contributed by atoms with Crippen LogP contribution in [0.5, 0.6) is 0 Å². The number of hydrogen-bond donors (Lipinski definition) is 0. The van der Waals surface area contributed by atoms with Crippen molar-refractivity contribution in [3.63, 3.8) is 0 Å². The molecule has 0 bridgehead atoms. The zero-order valence-electron chi connectivity index (χ0n) is 13.8. The number of benzene rings is 3. The van der Waals surface area contributed by atoms with Crippen molar-refractivity contribution in [1.82, 2.24) is 0 Å². The maximum Gasteiger partial charge on any atom is 0.159 e. The van der Waals surface area contributed by atoms with E-state index in [1.165, 1.54) is 18.2 Å². The maximum atomic E-state index is 14.3. The van der Waals surface area contributed by atoms with Gasteiger partial charge in [0.15, 0.2) is 11.6 Å². The van der Waals surface area contributed by atoms with Gasteiger partial charge in [-0.05, 0) is 55.3 Å². The van der Waals surface area contributed by atoms with Crippen molar-refractivity contribution in [3.05, 3.63) is 94.3 Å². The van der Waals surface area contributed by atoms with Gasteiger partial charge in [-0.3, -0.25) is 0 Å². The van der Waals surface area contributed by atoms with E-state index in [4.69, 9.17) is 0 Å². The molecule has 0 radical (unpaired) electrons. The SMILES string of the molecule is Cc1ccc(C#Cc2ccc(-c3ccc(F)c(F)c3)c(F)c2)c(C)c1. The smallest absolute Gasteiger partial charge is 0.159 e. The van der Waals surface area contributed by atoms with E-state index in [0.717, 1.165) is 28.8 Å². The Morgan fingerprint density at radius 1 is 0.680 bits per heavy atom. The van der Waals surface area contributed by atoms with Gasteiger partial charge in [0.25, 0.3) is 0 Å². The molecule has 0 fully saturated rings. The average molecular weight is 336 g/mol. The van der Waals surface area contributed by atoms with E-state index in [-0.39, 0.29) is 11.1 Å². The summed E-state index contributed by atoms with van der Waals surface area (Å²) in [6, 6.07) is 13.7. The van der Waals surface area contributed by atoms with Gasteiger partial charge in [0.1, 0.15) is 5.82 Å². The number of rotatable bonds is 1. The summed E-state index contributed by atoms with van der Waals surface area (Å²) in [5.41, 5.74) is 4.11. The number of halogens is 3. The maximum absolute atomic E-state index is 14.3. The normalized spacial score (nSPS) is 10.3. The largest absolute Gasteiger partial charge is 0.206 e. The fourth-order valence-corrected chi connectivity index (χ4v) is 2.58. The van der Waals surface area contributed by atoms with E-state index in [9.17, 15) is 13.2 Å². The van der Waals surface area contributed by atoms with Crippen molar-refractivity contribution < 1.29 is 13.2 Å². The zero-order valence-corrected chi connectivity index (χ0v) is 13.8. The van der Waals surface area contributed by atoms with Gasteiger partial charge in [0.05, 0.1) is 0 Å². The van der Waals surface area contributed by atoms with Crippen LogP contribution >= 0.6 is 0 Å². The second kappa shape index (κ2) is 6.86. The number of aryl methyl sites for hydroxylation is 2. The lowest BCUT2D eigenvalue weighted by atomic mass is 10.0. The van der Waals surface area contributed by atoms with Crippen LogP contribution in [-0.2, 0) is 0 Å². The highest BCUT2D eigenvalue weighted by molar-refractivity contribution is 5.65. The third-order valence-electron chi connectivity index (χ3n) is 3.92. The zero-order chi connectivity index (χ0) is 18.0. The van der Waals surface area contributed by atoms with Crippen LogP contribution in [0.4, 0.5) is 13.2 Å². The van der Waals surface area contributed by atoms with Gasteiger partial charge in [0.2, 0.25) is 0 Å². The molecule has 3 aromatic rings. The molecule has 3 rings (SSSR count). The Balaban J connectivity index is 1.92. The van der Waals surface area contributed by atoms with Crippen LogP contribution in [0.2, 0.25) is 0 Å². The highest BCUT2D eigenvalue weighted by atomic mass is 19.2. The lowest BCUT2D eigenvalue weighted by molar-refractivity contribution is 0.509.